The van der Waals surface area contributed by atoms with Crippen molar-refractivity contribution in [3.05, 3.63) is 53.4 Å². The van der Waals surface area contributed by atoms with E-state index in [1.165, 1.54) is 12.1 Å². The molecule has 12 heteroatoms. The highest BCUT2D eigenvalue weighted by atomic mass is 19.4. The van der Waals surface area contributed by atoms with Crippen LogP contribution < -0.4 is 15.4 Å². The highest BCUT2D eigenvalue weighted by Crippen LogP contribution is 2.33. The summed E-state index contributed by atoms with van der Waals surface area (Å²) in [6, 6.07) is 4.95. The zero-order valence-corrected chi connectivity index (χ0v) is 19.3. The Morgan fingerprint density at radius 1 is 1.11 bits per heavy atom. The summed E-state index contributed by atoms with van der Waals surface area (Å²) in [6.45, 7) is 1.94. The van der Waals surface area contributed by atoms with E-state index >= 15 is 0 Å². The molecule has 1 atom stereocenters. The number of piperidine rings is 1. The van der Waals surface area contributed by atoms with Gasteiger partial charge in [-0.15, -0.1) is 13.2 Å². The van der Waals surface area contributed by atoms with Crippen LogP contribution in [0, 0.1) is 11.8 Å². The molecule has 0 saturated carbocycles. The summed E-state index contributed by atoms with van der Waals surface area (Å²) in [5, 5.41) is 6.65. The van der Waals surface area contributed by atoms with E-state index in [4.69, 9.17) is 4.99 Å². The van der Waals surface area contributed by atoms with Gasteiger partial charge in [0.25, 0.3) is 12.3 Å². The van der Waals surface area contributed by atoms with Crippen LogP contribution in [0.5, 0.6) is 5.75 Å². The third-order valence-corrected chi connectivity index (χ3v) is 6.93. The molecule has 36 heavy (non-hydrogen) atoms. The van der Waals surface area contributed by atoms with Crippen molar-refractivity contribution in [3.8, 4) is 5.75 Å². The Kier molecular flexibility index (Phi) is 6.62. The highest BCUT2D eigenvalue weighted by Gasteiger charge is 2.39. The van der Waals surface area contributed by atoms with Crippen LogP contribution in [-0.2, 0) is 0 Å². The number of halogens is 5. The van der Waals surface area contributed by atoms with Crippen LogP contribution in [0.15, 0.2) is 52.8 Å². The van der Waals surface area contributed by atoms with Gasteiger partial charge in [-0.3, -0.25) is 9.69 Å². The zero-order chi connectivity index (χ0) is 25.4. The van der Waals surface area contributed by atoms with Crippen molar-refractivity contribution in [2.24, 2.45) is 16.8 Å². The lowest BCUT2D eigenvalue weighted by Crippen LogP contribution is -2.53. The number of nitrogens with one attached hydrogen (secondary N) is 2. The Bertz CT molecular complexity index is 1070. The summed E-state index contributed by atoms with van der Waals surface area (Å²) in [4.78, 5) is 21.0. The first-order valence-corrected chi connectivity index (χ1v) is 11.8. The molecule has 1 amide bonds. The Morgan fingerprint density at radius 3 is 2.44 bits per heavy atom. The molecule has 1 unspecified atom stereocenters. The molecular formula is C24H26F5N5O2. The van der Waals surface area contributed by atoms with Crippen LogP contribution in [0.25, 0.3) is 0 Å². The van der Waals surface area contributed by atoms with Crippen LogP contribution in [0.4, 0.5) is 22.0 Å². The minimum atomic E-state index is -4.78. The predicted octanol–water partition coefficient (Wildman–Crippen LogP) is 3.33. The standard InChI is InChI=1S/C24H26F5N5O2/c25-19(26)13-33-11-16(12-33)21-31-20-18(5-8-30-22(20)32-21)14-6-9-34(10-7-14)23(35)15-1-3-17(4-2-15)36-24(27,28)29/h1-5,8,14,16,19,22,30H,6-7,9-13H2,(H,31,32). The van der Waals surface area contributed by atoms with Crippen molar-refractivity contribution >= 4 is 11.7 Å². The second-order valence-corrected chi connectivity index (χ2v) is 9.36. The van der Waals surface area contributed by atoms with E-state index in [0.29, 0.717) is 31.7 Å². The summed E-state index contributed by atoms with van der Waals surface area (Å²) >= 11 is 0. The van der Waals surface area contributed by atoms with Gasteiger partial charge < -0.3 is 20.3 Å². The molecule has 194 valence electrons. The van der Waals surface area contributed by atoms with Gasteiger partial charge in [-0.2, -0.15) is 0 Å². The number of hydrogen-bond acceptors (Lipinski definition) is 6. The predicted molar refractivity (Wildman–Crippen MR) is 121 cm³/mol. The maximum atomic E-state index is 12.9. The van der Waals surface area contributed by atoms with Crippen LogP contribution in [0.2, 0.25) is 0 Å². The number of hydrogen-bond donors (Lipinski definition) is 2. The first-order chi connectivity index (χ1) is 17.2. The largest absolute Gasteiger partial charge is 0.573 e. The monoisotopic (exact) mass is 511 g/mol. The number of rotatable bonds is 6. The van der Waals surface area contributed by atoms with Gasteiger partial charge in [0.1, 0.15) is 11.6 Å². The number of benzene rings is 1. The smallest absolute Gasteiger partial charge is 0.406 e. The number of amides is 1. The summed E-state index contributed by atoms with van der Waals surface area (Å²) in [7, 11) is 0. The summed E-state index contributed by atoms with van der Waals surface area (Å²) in [5.41, 5.74) is 2.41. The molecule has 4 aliphatic heterocycles. The van der Waals surface area contributed by atoms with Crippen molar-refractivity contribution in [1.82, 2.24) is 20.4 Å². The van der Waals surface area contributed by atoms with Crippen LogP contribution >= 0.6 is 0 Å². The molecule has 0 spiro atoms. The van der Waals surface area contributed by atoms with E-state index in [2.05, 4.69) is 15.4 Å². The molecule has 7 nitrogen and oxygen atoms in total. The lowest BCUT2D eigenvalue weighted by atomic mass is 9.86. The van der Waals surface area contributed by atoms with Crippen molar-refractivity contribution in [1.29, 1.82) is 0 Å². The topological polar surface area (TPSA) is 69.2 Å². The van der Waals surface area contributed by atoms with Crippen LogP contribution in [0.1, 0.15) is 23.2 Å². The third kappa shape index (κ3) is 5.32. The van der Waals surface area contributed by atoms with E-state index < -0.39 is 12.8 Å². The van der Waals surface area contributed by atoms with Crippen LogP contribution in [-0.4, -0.2) is 73.2 Å². The van der Waals surface area contributed by atoms with Crippen molar-refractivity contribution in [2.75, 3.05) is 32.7 Å². The number of likely N-dealkylation sites (tertiary alicyclic amines) is 2. The average Bonchev–Trinajstić information content (AvgIpc) is 3.24. The Balaban J connectivity index is 1.17. The number of aliphatic imine (C=N–C) groups is 1. The quantitative estimate of drug-likeness (QED) is 0.574. The van der Waals surface area contributed by atoms with Gasteiger partial charge in [0.05, 0.1) is 12.2 Å². The highest BCUT2D eigenvalue weighted by molar-refractivity contribution is 5.94. The maximum absolute atomic E-state index is 12.9. The molecule has 4 aliphatic rings. The van der Waals surface area contributed by atoms with E-state index in [9.17, 15) is 26.7 Å². The second kappa shape index (κ2) is 9.72. The number of alkyl halides is 5. The zero-order valence-electron chi connectivity index (χ0n) is 19.3. The minimum Gasteiger partial charge on any atom is -0.406 e. The minimum absolute atomic E-state index is 0.109. The van der Waals surface area contributed by atoms with Gasteiger partial charge >= 0.3 is 6.36 Å². The molecule has 1 aromatic carbocycles. The average molecular weight is 511 g/mol. The number of allylic oxidation sites excluding steroid dienone is 2. The second-order valence-electron chi connectivity index (χ2n) is 9.36. The number of ether oxygens (including phenoxy) is 1. The summed E-state index contributed by atoms with van der Waals surface area (Å²) in [6.07, 6.45) is -1.99. The number of carbonyl (C=O) groups is 1. The SMILES string of the molecule is O=C(c1ccc(OC(F)(F)F)cc1)N1CCC(C2=C3NC(C4CN(CC(F)F)C4)=NC3NC=C2)CC1. The van der Waals surface area contributed by atoms with E-state index in [-0.39, 0.29) is 36.2 Å². The Hall–Kier alpha value is -3.15. The van der Waals surface area contributed by atoms with Crippen molar-refractivity contribution in [3.63, 3.8) is 0 Å². The first kappa shape index (κ1) is 24.5. The number of fused-ring (bicyclic) bond motifs is 1. The molecule has 0 bridgehead atoms. The number of dihydropyridines is 1. The summed E-state index contributed by atoms with van der Waals surface area (Å²) < 4.78 is 66.1. The molecule has 2 saturated heterocycles. The van der Waals surface area contributed by atoms with Gasteiger partial charge in [0, 0.05) is 37.7 Å². The fraction of sp³-hybridized carbons (Fsp3) is 0.500. The number of carbonyl (C=O) groups excluding carboxylic acids is 1. The van der Waals surface area contributed by atoms with Gasteiger partial charge in [0.15, 0.2) is 6.17 Å². The summed E-state index contributed by atoms with van der Waals surface area (Å²) in [5.74, 6) is 0.544. The molecule has 2 fully saturated rings. The van der Waals surface area contributed by atoms with Gasteiger partial charge in [-0.1, -0.05) is 0 Å². The first-order valence-electron chi connectivity index (χ1n) is 11.8. The Labute approximate surface area is 204 Å². The van der Waals surface area contributed by atoms with E-state index in [0.717, 1.165) is 42.1 Å². The molecule has 5 rings (SSSR count). The van der Waals surface area contributed by atoms with E-state index in [1.54, 1.807) is 9.80 Å². The normalized spacial score (nSPS) is 23.2. The molecule has 0 aromatic heterocycles. The third-order valence-electron chi connectivity index (χ3n) is 6.93. The lowest BCUT2D eigenvalue weighted by Gasteiger charge is -2.39. The van der Waals surface area contributed by atoms with Gasteiger partial charge in [-0.05, 0) is 60.9 Å². The van der Waals surface area contributed by atoms with Crippen molar-refractivity contribution < 1.29 is 31.5 Å². The molecular weight excluding hydrogens is 485 g/mol. The van der Waals surface area contributed by atoms with Crippen LogP contribution in [0.3, 0.4) is 0 Å². The Morgan fingerprint density at radius 2 is 1.81 bits per heavy atom. The fourth-order valence-corrected chi connectivity index (χ4v) is 5.14. The number of nitrogens with zero attached hydrogens (tertiary/aromatic N) is 3. The van der Waals surface area contributed by atoms with E-state index in [1.807, 2.05) is 12.3 Å². The molecule has 0 aliphatic carbocycles. The lowest BCUT2D eigenvalue weighted by molar-refractivity contribution is -0.274. The number of amidine groups is 1. The molecule has 1 aromatic rings. The fourth-order valence-electron chi connectivity index (χ4n) is 5.14. The van der Waals surface area contributed by atoms with Crippen molar-refractivity contribution in [2.45, 2.75) is 31.8 Å². The van der Waals surface area contributed by atoms with Gasteiger partial charge in [-0.25, -0.2) is 13.8 Å². The maximum Gasteiger partial charge on any atom is 0.573 e. The molecule has 2 N–H and O–H groups in total. The molecule has 4 heterocycles. The molecule has 0 radical (unpaired) electrons. The van der Waals surface area contributed by atoms with Gasteiger partial charge in [0.2, 0.25) is 0 Å².